The van der Waals surface area contributed by atoms with E-state index in [2.05, 4.69) is 25.6 Å². The maximum Gasteiger partial charge on any atom is 0.243 e. The number of fused-ring (bicyclic) bond motifs is 1. The van der Waals surface area contributed by atoms with Gasteiger partial charge < -0.3 is 46.1 Å². The van der Waals surface area contributed by atoms with Gasteiger partial charge in [0.25, 0.3) is 0 Å². The summed E-state index contributed by atoms with van der Waals surface area (Å²) in [4.78, 5) is 38.1. The normalized spacial score (nSPS) is 24.8. The van der Waals surface area contributed by atoms with Crippen LogP contribution in [0.4, 0.5) is 5.82 Å². The van der Waals surface area contributed by atoms with Crippen LogP contribution >= 0.6 is 0 Å². The molecular formula is C22H27N7O7. The standard InChI is InChI=1S/C22H27N7O7/c23-19-16-20(25-9-24-19)29(10-26-16)7-14(31)27-12(6-11-4-2-1-3-5-11)21(34)28-15-18(33)17(32)13(8-30)36-22(15)35/h1-5,9-10,12-13,15,17-18,22,30,32-33,35H,6-8H2,(H,27,31)(H,28,34)(H2,23,24,25)/t12-,13+,15+,17+,18+,22+/m0/s1. The zero-order valence-corrected chi connectivity index (χ0v) is 19.0. The number of imidazole rings is 1. The van der Waals surface area contributed by atoms with Crippen LogP contribution in [0.15, 0.2) is 43.0 Å². The van der Waals surface area contributed by atoms with Gasteiger partial charge in [-0.25, -0.2) is 15.0 Å². The summed E-state index contributed by atoms with van der Waals surface area (Å²) in [5.41, 5.74) is 7.21. The van der Waals surface area contributed by atoms with Crippen LogP contribution in [0, 0.1) is 0 Å². The average Bonchev–Trinajstić information content (AvgIpc) is 3.28. The molecule has 1 aliphatic rings. The van der Waals surface area contributed by atoms with Gasteiger partial charge in [-0.1, -0.05) is 30.3 Å². The smallest absolute Gasteiger partial charge is 0.243 e. The number of anilines is 1. The van der Waals surface area contributed by atoms with Crippen molar-refractivity contribution in [3.05, 3.63) is 48.5 Å². The molecule has 3 aromatic rings. The molecule has 0 aliphatic carbocycles. The van der Waals surface area contributed by atoms with Crippen molar-refractivity contribution in [3.8, 4) is 0 Å². The first-order valence-corrected chi connectivity index (χ1v) is 11.1. The molecule has 0 spiro atoms. The third-order valence-electron chi connectivity index (χ3n) is 5.89. The minimum Gasteiger partial charge on any atom is -0.394 e. The molecule has 14 nitrogen and oxygen atoms in total. The number of ether oxygens (including phenoxy) is 1. The van der Waals surface area contributed by atoms with Crippen LogP contribution in [0.5, 0.6) is 0 Å². The lowest BCUT2D eigenvalue weighted by Crippen LogP contribution is -2.65. The topological polar surface area (TPSA) is 218 Å². The number of amides is 2. The highest BCUT2D eigenvalue weighted by atomic mass is 16.6. The first kappa shape index (κ1) is 25.4. The van der Waals surface area contributed by atoms with Crippen molar-refractivity contribution in [2.45, 2.75) is 49.7 Å². The van der Waals surface area contributed by atoms with Gasteiger partial charge in [0.2, 0.25) is 11.8 Å². The molecule has 0 radical (unpaired) electrons. The molecule has 0 bridgehead atoms. The maximum atomic E-state index is 13.2. The van der Waals surface area contributed by atoms with Gasteiger partial charge in [-0.3, -0.25) is 9.59 Å². The van der Waals surface area contributed by atoms with Gasteiger partial charge in [0.1, 0.15) is 48.8 Å². The van der Waals surface area contributed by atoms with E-state index in [1.165, 1.54) is 17.2 Å². The summed E-state index contributed by atoms with van der Waals surface area (Å²) in [5, 5.41) is 45.0. The number of hydrogen-bond donors (Lipinski definition) is 7. The van der Waals surface area contributed by atoms with Crippen LogP contribution in [-0.4, -0.2) is 95.1 Å². The number of benzene rings is 1. The Balaban J connectivity index is 1.50. The van der Waals surface area contributed by atoms with E-state index < -0.39 is 55.1 Å². The average molecular weight is 502 g/mol. The Morgan fingerprint density at radius 1 is 1.11 bits per heavy atom. The fourth-order valence-electron chi connectivity index (χ4n) is 3.99. The number of aromatic nitrogens is 4. The van der Waals surface area contributed by atoms with E-state index in [-0.39, 0.29) is 18.8 Å². The second-order valence-corrected chi connectivity index (χ2v) is 8.38. The monoisotopic (exact) mass is 501 g/mol. The Morgan fingerprint density at radius 2 is 1.86 bits per heavy atom. The highest BCUT2D eigenvalue weighted by Gasteiger charge is 2.44. The summed E-state index contributed by atoms with van der Waals surface area (Å²) in [6, 6.07) is 6.41. The molecule has 1 aromatic carbocycles. The summed E-state index contributed by atoms with van der Waals surface area (Å²) in [6.45, 7) is -0.859. The number of carbonyl (C=O) groups excluding carboxylic acids is 2. The number of aliphatic hydroxyl groups excluding tert-OH is 4. The van der Waals surface area contributed by atoms with Gasteiger partial charge in [0.05, 0.1) is 12.9 Å². The minimum atomic E-state index is -1.69. The Labute approximate surface area is 204 Å². The van der Waals surface area contributed by atoms with Crippen LogP contribution in [0.1, 0.15) is 5.56 Å². The second-order valence-electron chi connectivity index (χ2n) is 8.38. The van der Waals surface area contributed by atoms with Crippen LogP contribution in [0.25, 0.3) is 11.2 Å². The molecule has 4 rings (SSSR count). The van der Waals surface area contributed by atoms with Crippen molar-refractivity contribution in [2.75, 3.05) is 12.3 Å². The first-order chi connectivity index (χ1) is 17.3. The Hall–Kier alpha value is -3.69. The molecule has 1 saturated heterocycles. The molecule has 0 unspecified atom stereocenters. The van der Waals surface area contributed by atoms with Gasteiger partial charge in [-0.2, -0.15) is 0 Å². The summed E-state index contributed by atoms with van der Waals surface area (Å²) in [6.07, 6.45) is -3.35. The predicted molar refractivity (Wildman–Crippen MR) is 124 cm³/mol. The van der Waals surface area contributed by atoms with Gasteiger partial charge in [0.15, 0.2) is 17.8 Å². The highest BCUT2D eigenvalue weighted by Crippen LogP contribution is 2.20. The molecule has 192 valence electrons. The zero-order chi connectivity index (χ0) is 25.8. The summed E-state index contributed by atoms with van der Waals surface area (Å²) in [5.74, 6) is -1.10. The van der Waals surface area contributed by atoms with Gasteiger partial charge in [0, 0.05) is 6.42 Å². The van der Waals surface area contributed by atoms with E-state index in [1.54, 1.807) is 30.3 Å². The molecular weight excluding hydrogens is 474 g/mol. The number of carbonyl (C=O) groups is 2. The van der Waals surface area contributed by atoms with E-state index >= 15 is 0 Å². The van der Waals surface area contributed by atoms with Crippen molar-refractivity contribution >= 4 is 28.8 Å². The fourth-order valence-corrected chi connectivity index (χ4v) is 3.99. The van der Waals surface area contributed by atoms with Gasteiger partial charge in [-0.05, 0) is 5.56 Å². The van der Waals surface area contributed by atoms with Crippen LogP contribution in [0.3, 0.4) is 0 Å². The minimum absolute atomic E-state index is 0.0970. The zero-order valence-electron chi connectivity index (χ0n) is 19.0. The summed E-state index contributed by atoms with van der Waals surface area (Å²) in [7, 11) is 0. The molecule has 1 fully saturated rings. The third-order valence-corrected chi connectivity index (χ3v) is 5.89. The number of aliphatic hydroxyl groups is 4. The van der Waals surface area contributed by atoms with Crippen LogP contribution < -0.4 is 16.4 Å². The van der Waals surface area contributed by atoms with Crippen molar-refractivity contribution < 1.29 is 34.8 Å². The predicted octanol–water partition coefficient (Wildman–Crippen LogP) is -2.95. The van der Waals surface area contributed by atoms with Crippen molar-refractivity contribution in [2.24, 2.45) is 0 Å². The number of nitrogens with zero attached hydrogens (tertiary/aromatic N) is 4. The quantitative estimate of drug-likeness (QED) is 0.165. The van der Waals surface area contributed by atoms with Crippen molar-refractivity contribution in [1.82, 2.24) is 30.2 Å². The molecule has 14 heteroatoms. The van der Waals surface area contributed by atoms with E-state index in [4.69, 9.17) is 10.5 Å². The van der Waals surface area contributed by atoms with E-state index in [0.29, 0.717) is 11.2 Å². The molecule has 2 amide bonds. The van der Waals surface area contributed by atoms with Crippen LogP contribution in [0.2, 0.25) is 0 Å². The maximum absolute atomic E-state index is 13.2. The number of nitrogens with one attached hydrogen (secondary N) is 2. The largest absolute Gasteiger partial charge is 0.394 e. The van der Waals surface area contributed by atoms with Crippen molar-refractivity contribution in [3.63, 3.8) is 0 Å². The molecule has 1 aliphatic heterocycles. The highest BCUT2D eigenvalue weighted by molar-refractivity contribution is 5.89. The lowest BCUT2D eigenvalue weighted by atomic mass is 9.96. The van der Waals surface area contributed by atoms with E-state index in [9.17, 15) is 30.0 Å². The van der Waals surface area contributed by atoms with Gasteiger partial charge in [-0.15, -0.1) is 0 Å². The summed E-state index contributed by atoms with van der Waals surface area (Å²) >= 11 is 0. The van der Waals surface area contributed by atoms with E-state index in [1.807, 2.05) is 0 Å². The number of rotatable bonds is 8. The lowest BCUT2D eigenvalue weighted by molar-refractivity contribution is -0.254. The van der Waals surface area contributed by atoms with Crippen molar-refractivity contribution in [1.29, 1.82) is 0 Å². The Morgan fingerprint density at radius 3 is 2.58 bits per heavy atom. The molecule has 8 N–H and O–H groups in total. The lowest BCUT2D eigenvalue weighted by Gasteiger charge is -2.40. The SMILES string of the molecule is Nc1ncnc2c1ncn2CC(=O)N[C@@H](Cc1ccccc1)C(=O)N[C@@H]1[C@@H](O)[C@H](O)[C@@H](CO)O[C@H]1O. The van der Waals surface area contributed by atoms with E-state index in [0.717, 1.165) is 5.56 Å². The molecule has 3 heterocycles. The molecule has 6 atom stereocenters. The molecule has 2 aromatic heterocycles. The summed E-state index contributed by atoms with van der Waals surface area (Å²) < 4.78 is 6.54. The number of nitrogens with two attached hydrogens (primary N) is 1. The number of hydrogen-bond acceptors (Lipinski definition) is 11. The molecule has 36 heavy (non-hydrogen) atoms. The fraction of sp³-hybridized carbons (Fsp3) is 0.409. The van der Waals surface area contributed by atoms with Gasteiger partial charge >= 0.3 is 0 Å². The second kappa shape index (κ2) is 10.9. The molecule has 0 saturated carbocycles. The van der Waals surface area contributed by atoms with Crippen LogP contribution in [-0.2, 0) is 27.3 Å². The Bertz CT molecular complexity index is 1210. The number of nitrogen functional groups attached to an aromatic ring is 1. The Kier molecular flexibility index (Phi) is 7.71. The third kappa shape index (κ3) is 5.42. The first-order valence-electron chi connectivity index (χ1n) is 11.1.